The Labute approximate surface area is 111 Å². The van der Waals surface area contributed by atoms with Crippen LogP contribution < -0.4 is 10.2 Å². The smallest absolute Gasteiger partial charge is 0.0399 e. The van der Waals surface area contributed by atoms with E-state index in [0.29, 0.717) is 6.04 Å². The summed E-state index contributed by atoms with van der Waals surface area (Å²) in [6.07, 6.45) is 1.20. The van der Waals surface area contributed by atoms with Crippen molar-refractivity contribution in [3.05, 3.63) is 29.3 Å². The van der Waals surface area contributed by atoms with E-state index in [1.807, 2.05) is 0 Å². The number of nitrogens with one attached hydrogen (secondary N) is 1. The number of benzene rings is 1. The molecule has 1 unspecified atom stereocenters. The summed E-state index contributed by atoms with van der Waals surface area (Å²) in [6.45, 7) is 12.4. The third-order valence-corrected chi connectivity index (χ3v) is 3.69. The molecule has 18 heavy (non-hydrogen) atoms. The van der Waals surface area contributed by atoms with Crippen LogP contribution in [-0.2, 0) is 6.42 Å². The zero-order valence-electron chi connectivity index (χ0n) is 12.2. The fourth-order valence-corrected chi connectivity index (χ4v) is 2.81. The molecular weight excluding hydrogens is 220 g/mol. The Morgan fingerprint density at radius 3 is 2.72 bits per heavy atom. The van der Waals surface area contributed by atoms with E-state index in [1.54, 1.807) is 0 Å². The molecule has 100 valence electrons. The molecule has 2 rings (SSSR count). The molecule has 2 heteroatoms. The first-order valence-corrected chi connectivity index (χ1v) is 7.23. The van der Waals surface area contributed by atoms with Crippen LogP contribution in [0.15, 0.2) is 18.2 Å². The molecule has 0 aromatic heterocycles. The van der Waals surface area contributed by atoms with Crippen molar-refractivity contribution in [2.75, 3.05) is 24.5 Å². The number of nitrogens with zero attached hydrogens (tertiary/aromatic N) is 1. The summed E-state index contributed by atoms with van der Waals surface area (Å²) in [7, 11) is 0. The van der Waals surface area contributed by atoms with Gasteiger partial charge in [-0.25, -0.2) is 0 Å². The maximum absolute atomic E-state index is 3.48. The Bertz CT molecular complexity index is 398. The molecule has 0 aliphatic carbocycles. The van der Waals surface area contributed by atoms with Crippen LogP contribution in [-0.4, -0.2) is 19.6 Å². The second-order valence-electron chi connectivity index (χ2n) is 5.76. The lowest BCUT2D eigenvalue weighted by Gasteiger charge is -2.22. The molecule has 1 heterocycles. The maximum atomic E-state index is 3.48. The summed E-state index contributed by atoms with van der Waals surface area (Å²) in [4.78, 5) is 2.53. The van der Waals surface area contributed by atoms with Gasteiger partial charge in [-0.05, 0) is 43.0 Å². The first-order valence-electron chi connectivity index (χ1n) is 7.23. The Morgan fingerprint density at radius 2 is 2.06 bits per heavy atom. The highest BCUT2D eigenvalue weighted by Gasteiger charge is 2.20. The van der Waals surface area contributed by atoms with Crippen molar-refractivity contribution in [3.8, 4) is 0 Å². The van der Waals surface area contributed by atoms with Gasteiger partial charge in [0.25, 0.3) is 0 Å². The average molecular weight is 246 g/mol. The van der Waals surface area contributed by atoms with Crippen LogP contribution in [0.1, 0.15) is 44.9 Å². The lowest BCUT2D eigenvalue weighted by Crippen LogP contribution is -2.25. The molecule has 0 amide bonds. The first kappa shape index (κ1) is 13.4. The van der Waals surface area contributed by atoms with E-state index < -0.39 is 0 Å². The molecule has 0 saturated carbocycles. The van der Waals surface area contributed by atoms with Crippen LogP contribution in [0.2, 0.25) is 0 Å². The zero-order valence-corrected chi connectivity index (χ0v) is 12.2. The van der Waals surface area contributed by atoms with Crippen LogP contribution in [0.3, 0.4) is 0 Å². The standard InChI is InChI=1S/C16H26N2/c1-5-17-13(4)14-6-7-16-15(10-14)8-9-18(16)11-12(2)3/h6-7,10,12-13,17H,5,8-9,11H2,1-4H3. The molecule has 1 aliphatic rings. The molecule has 2 nitrogen and oxygen atoms in total. The highest BCUT2D eigenvalue weighted by atomic mass is 15.1. The minimum absolute atomic E-state index is 0.458. The van der Waals surface area contributed by atoms with Gasteiger partial charge in [-0.2, -0.15) is 0 Å². The predicted molar refractivity (Wildman–Crippen MR) is 79.3 cm³/mol. The van der Waals surface area contributed by atoms with Gasteiger partial charge < -0.3 is 10.2 Å². The first-order chi connectivity index (χ1) is 8.61. The fourth-order valence-electron chi connectivity index (χ4n) is 2.81. The van der Waals surface area contributed by atoms with E-state index in [-0.39, 0.29) is 0 Å². The largest absolute Gasteiger partial charge is 0.371 e. The molecule has 1 aromatic carbocycles. The van der Waals surface area contributed by atoms with E-state index in [0.717, 1.165) is 12.5 Å². The third-order valence-electron chi connectivity index (χ3n) is 3.69. The van der Waals surface area contributed by atoms with E-state index >= 15 is 0 Å². The van der Waals surface area contributed by atoms with Crippen LogP contribution in [0.5, 0.6) is 0 Å². The van der Waals surface area contributed by atoms with Crippen LogP contribution in [0, 0.1) is 5.92 Å². The number of hydrogen-bond donors (Lipinski definition) is 1. The van der Waals surface area contributed by atoms with Crippen molar-refractivity contribution < 1.29 is 0 Å². The minimum atomic E-state index is 0.458. The molecule has 1 aliphatic heterocycles. The molecule has 0 saturated heterocycles. The lowest BCUT2D eigenvalue weighted by molar-refractivity contribution is 0.598. The summed E-state index contributed by atoms with van der Waals surface area (Å²) < 4.78 is 0. The summed E-state index contributed by atoms with van der Waals surface area (Å²) in [5.74, 6) is 0.733. The van der Waals surface area contributed by atoms with Gasteiger partial charge in [0.2, 0.25) is 0 Å². The average Bonchev–Trinajstić information content (AvgIpc) is 2.71. The van der Waals surface area contributed by atoms with E-state index in [1.165, 1.54) is 36.3 Å². The monoisotopic (exact) mass is 246 g/mol. The van der Waals surface area contributed by atoms with Crippen LogP contribution >= 0.6 is 0 Å². The predicted octanol–water partition coefficient (Wildman–Crippen LogP) is 3.38. The second-order valence-corrected chi connectivity index (χ2v) is 5.76. The number of anilines is 1. The second kappa shape index (κ2) is 5.75. The van der Waals surface area contributed by atoms with E-state index in [4.69, 9.17) is 0 Å². The van der Waals surface area contributed by atoms with Crippen LogP contribution in [0.4, 0.5) is 5.69 Å². The Morgan fingerprint density at radius 1 is 1.28 bits per heavy atom. The van der Waals surface area contributed by atoms with Gasteiger partial charge in [0, 0.05) is 24.8 Å². The van der Waals surface area contributed by atoms with Crippen LogP contribution in [0.25, 0.3) is 0 Å². The SMILES string of the molecule is CCNC(C)c1ccc2c(c1)CCN2CC(C)C. The molecular formula is C16H26N2. The quantitative estimate of drug-likeness (QED) is 0.857. The fraction of sp³-hybridized carbons (Fsp3) is 0.625. The molecule has 0 bridgehead atoms. The van der Waals surface area contributed by atoms with Gasteiger partial charge in [0.1, 0.15) is 0 Å². The topological polar surface area (TPSA) is 15.3 Å². The van der Waals surface area contributed by atoms with Crippen molar-refractivity contribution in [3.63, 3.8) is 0 Å². The summed E-state index contributed by atoms with van der Waals surface area (Å²) in [6, 6.07) is 7.45. The van der Waals surface area contributed by atoms with Crippen molar-refractivity contribution >= 4 is 5.69 Å². The Balaban J connectivity index is 2.15. The molecule has 0 fully saturated rings. The summed E-state index contributed by atoms with van der Waals surface area (Å²) in [5, 5.41) is 3.48. The molecule has 0 spiro atoms. The Kier molecular flexibility index (Phi) is 4.28. The van der Waals surface area contributed by atoms with Crippen molar-refractivity contribution in [1.29, 1.82) is 0 Å². The zero-order chi connectivity index (χ0) is 13.1. The minimum Gasteiger partial charge on any atom is -0.371 e. The Hall–Kier alpha value is -1.02. The van der Waals surface area contributed by atoms with Gasteiger partial charge in [0.05, 0.1) is 0 Å². The highest BCUT2D eigenvalue weighted by molar-refractivity contribution is 5.59. The van der Waals surface area contributed by atoms with Gasteiger partial charge in [-0.15, -0.1) is 0 Å². The maximum Gasteiger partial charge on any atom is 0.0399 e. The number of rotatable bonds is 5. The highest BCUT2D eigenvalue weighted by Crippen LogP contribution is 2.30. The summed E-state index contributed by atoms with van der Waals surface area (Å²) >= 11 is 0. The van der Waals surface area contributed by atoms with Crippen molar-refractivity contribution in [1.82, 2.24) is 5.32 Å². The molecule has 1 atom stereocenters. The van der Waals surface area contributed by atoms with Gasteiger partial charge in [-0.1, -0.05) is 32.9 Å². The van der Waals surface area contributed by atoms with Gasteiger partial charge in [-0.3, -0.25) is 0 Å². The van der Waals surface area contributed by atoms with Gasteiger partial charge in [0.15, 0.2) is 0 Å². The lowest BCUT2D eigenvalue weighted by atomic mass is 10.0. The molecule has 1 N–H and O–H groups in total. The molecule has 1 aromatic rings. The van der Waals surface area contributed by atoms with E-state index in [9.17, 15) is 0 Å². The summed E-state index contributed by atoms with van der Waals surface area (Å²) in [5.41, 5.74) is 4.40. The van der Waals surface area contributed by atoms with Crippen molar-refractivity contribution in [2.45, 2.75) is 40.2 Å². The molecule has 0 radical (unpaired) electrons. The number of fused-ring (bicyclic) bond motifs is 1. The van der Waals surface area contributed by atoms with Crippen molar-refractivity contribution in [2.24, 2.45) is 5.92 Å². The van der Waals surface area contributed by atoms with Gasteiger partial charge >= 0.3 is 0 Å². The van der Waals surface area contributed by atoms with E-state index in [2.05, 4.69) is 56.1 Å². The third kappa shape index (κ3) is 2.86. The normalized spacial score (nSPS) is 16.2. The number of hydrogen-bond acceptors (Lipinski definition) is 2.